The highest BCUT2D eigenvalue weighted by Crippen LogP contribution is 2.12. The summed E-state index contributed by atoms with van der Waals surface area (Å²) in [7, 11) is 1.75. The van der Waals surface area contributed by atoms with Crippen LogP contribution in [0.5, 0.6) is 0 Å². The summed E-state index contributed by atoms with van der Waals surface area (Å²) in [5, 5.41) is 1.04. The fraction of sp³-hybridized carbons (Fsp3) is 0.471. The molecule has 2 heterocycles. The predicted octanol–water partition coefficient (Wildman–Crippen LogP) is 3.43. The van der Waals surface area contributed by atoms with Crippen molar-refractivity contribution in [2.75, 3.05) is 13.6 Å². The molecule has 5 heteroatoms. The van der Waals surface area contributed by atoms with Crippen molar-refractivity contribution >= 4 is 17.1 Å². The molecule has 0 bridgehead atoms. The molecule has 0 unspecified atom stereocenters. The molecule has 0 aliphatic rings. The van der Waals surface area contributed by atoms with Gasteiger partial charge in [-0.3, -0.25) is 0 Å². The van der Waals surface area contributed by atoms with Crippen molar-refractivity contribution in [2.45, 2.75) is 39.2 Å². The molecule has 0 aromatic carbocycles. The normalized spacial score (nSPS) is 11.5. The van der Waals surface area contributed by atoms with Crippen LogP contribution in [0.1, 0.15) is 32.9 Å². The van der Waals surface area contributed by atoms with Crippen LogP contribution in [0.25, 0.3) is 11.0 Å². The molecule has 118 valence electrons. The lowest BCUT2D eigenvalue weighted by atomic mass is 10.2. The molecule has 0 N–H and O–H groups in total. The first-order chi connectivity index (χ1) is 10.3. The summed E-state index contributed by atoms with van der Waals surface area (Å²) < 4.78 is 5.32. The maximum atomic E-state index is 11.9. The lowest BCUT2D eigenvalue weighted by Gasteiger charge is -2.24. The van der Waals surface area contributed by atoms with E-state index in [4.69, 9.17) is 4.74 Å². The Bertz CT molecular complexity index is 650. The Kier molecular flexibility index (Phi) is 4.96. The van der Waals surface area contributed by atoms with E-state index in [2.05, 4.69) is 9.97 Å². The van der Waals surface area contributed by atoms with Crippen molar-refractivity contribution in [1.29, 1.82) is 0 Å². The smallest absolute Gasteiger partial charge is 0.410 e. The maximum Gasteiger partial charge on any atom is 0.410 e. The van der Waals surface area contributed by atoms with Gasteiger partial charge in [0.1, 0.15) is 5.60 Å². The van der Waals surface area contributed by atoms with Gasteiger partial charge in [-0.25, -0.2) is 14.8 Å². The first kappa shape index (κ1) is 16.2. The molecule has 0 aliphatic heterocycles. The number of carbonyl (C=O) groups is 1. The number of rotatable bonds is 4. The second kappa shape index (κ2) is 6.73. The molecule has 0 spiro atoms. The molecule has 0 fully saturated rings. The van der Waals surface area contributed by atoms with Crippen LogP contribution in [0.3, 0.4) is 0 Å². The number of carbonyl (C=O) groups excluding carboxylic acids is 1. The van der Waals surface area contributed by atoms with Gasteiger partial charge in [-0.2, -0.15) is 0 Å². The molecule has 2 aromatic rings. The zero-order valence-corrected chi connectivity index (χ0v) is 13.7. The molecule has 1 amide bonds. The maximum absolute atomic E-state index is 11.9. The third-order valence-electron chi connectivity index (χ3n) is 3.15. The molecule has 0 saturated carbocycles. The van der Waals surface area contributed by atoms with Crippen molar-refractivity contribution in [2.24, 2.45) is 0 Å². The lowest BCUT2D eigenvalue weighted by molar-refractivity contribution is 0.0297. The van der Waals surface area contributed by atoms with E-state index in [9.17, 15) is 4.79 Å². The van der Waals surface area contributed by atoms with Crippen LogP contribution in [-0.4, -0.2) is 40.2 Å². The van der Waals surface area contributed by atoms with Gasteiger partial charge in [0.25, 0.3) is 0 Å². The number of aryl methyl sites for hydroxylation is 1. The number of nitrogens with zero attached hydrogens (tertiary/aromatic N) is 3. The highest BCUT2D eigenvalue weighted by atomic mass is 16.6. The Labute approximate surface area is 131 Å². The minimum Gasteiger partial charge on any atom is -0.444 e. The molecule has 2 aromatic heterocycles. The molecule has 22 heavy (non-hydrogen) atoms. The molecule has 5 nitrogen and oxygen atoms in total. The van der Waals surface area contributed by atoms with E-state index >= 15 is 0 Å². The number of aromatic nitrogens is 2. The molecular weight excluding hydrogens is 278 g/mol. The Hall–Kier alpha value is -2.17. The monoisotopic (exact) mass is 301 g/mol. The van der Waals surface area contributed by atoms with Crippen molar-refractivity contribution < 1.29 is 9.53 Å². The van der Waals surface area contributed by atoms with Crippen molar-refractivity contribution in [3.63, 3.8) is 0 Å². The van der Waals surface area contributed by atoms with Gasteiger partial charge in [0.05, 0.1) is 0 Å². The van der Waals surface area contributed by atoms with E-state index in [1.807, 2.05) is 45.0 Å². The fourth-order valence-corrected chi connectivity index (χ4v) is 2.06. The number of pyridine rings is 2. The first-order valence-electron chi connectivity index (χ1n) is 7.50. The minimum atomic E-state index is -0.461. The van der Waals surface area contributed by atoms with E-state index in [0.717, 1.165) is 29.6 Å². The average molecular weight is 301 g/mol. The highest BCUT2D eigenvalue weighted by molar-refractivity contribution is 5.74. The van der Waals surface area contributed by atoms with Crippen LogP contribution in [-0.2, 0) is 11.2 Å². The Morgan fingerprint density at radius 3 is 2.77 bits per heavy atom. The van der Waals surface area contributed by atoms with Gasteiger partial charge >= 0.3 is 6.09 Å². The van der Waals surface area contributed by atoms with Gasteiger partial charge in [-0.15, -0.1) is 0 Å². The standard InChI is InChI=1S/C17H23N3O2/c1-17(2,3)22-16(21)20(4)12-6-8-14-10-9-13-7-5-11-18-15(13)19-14/h5,7,9-11H,6,8,12H2,1-4H3. The van der Waals surface area contributed by atoms with Crippen molar-refractivity contribution in [1.82, 2.24) is 14.9 Å². The van der Waals surface area contributed by atoms with E-state index in [1.54, 1.807) is 18.1 Å². The number of hydrogen-bond donors (Lipinski definition) is 0. The number of ether oxygens (including phenoxy) is 1. The topological polar surface area (TPSA) is 55.3 Å². The SMILES string of the molecule is CN(CCCc1ccc2cccnc2n1)C(=O)OC(C)(C)C. The molecule has 0 atom stereocenters. The van der Waals surface area contributed by atoms with E-state index in [1.165, 1.54) is 0 Å². The molecule has 2 rings (SSSR count). The number of hydrogen-bond acceptors (Lipinski definition) is 4. The summed E-state index contributed by atoms with van der Waals surface area (Å²) in [5.41, 5.74) is 1.29. The van der Waals surface area contributed by atoms with Crippen molar-refractivity contribution in [3.8, 4) is 0 Å². The zero-order chi connectivity index (χ0) is 16.2. The molecule has 0 saturated heterocycles. The Balaban J connectivity index is 1.85. The highest BCUT2D eigenvalue weighted by Gasteiger charge is 2.19. The van der Waals surface area contributed by atoms with Crippen LogP contribution in [0, 0.1) is 0 Å². The van der Waals surface area contributed by atoms with Gasteiger partial charge < -0.3 is 9.64 Å². The van der Waals surface area contributed by atoms with E-state index in [0.29, 0.717) is 6.54 Å². The van der Waals surface area contributed by atoms with E-state index < -0.39 is 5.60 Å². The van der Waals surface area contributed by atoms with Crippen LogP contribution in [0.4, 0.5) is 4.79 Å². The van der Waals surface area contributed by atoms with Gasteiger partial charge in [-0.1, -0.05) is 0 Å². The second-order valence-electron chi connectivity index (χ2n) is 6.36. The summed E-state index contributed by atoms with van der Waals surface area (Å²) in [5.74, 6) is 0. The van der Waals surface area contributed by atoms with Crippen LogP contribution in [0.15, 0.2) is 30.5 Å². The summed E-state index contributed by atoms with van der Waals surface area (Å²) in [6, 6.07) is 7.94. The lowest BCUT2D eigenvalue weighted by Crippen LogP contribution is -2.34. The van der Waals surface area contributed by atoms with Crippen molar-refractivity contribution in [3.05, 3.63) is 36.2 Å². The Morgan fingerprint density at radius 2 is 2.05 bits per heavy atom. The fourth-order valence-electron chi connectivity index (χ4n) is 2.06. The second-order valence-corrected chi connectivity index (χ2v) is 6.36. The molecular formula is C17H23N3O2. The van der Waals surface area contributed by atoms with Gasteiger partial charge in [0, 0.05) is 30.9 Å². The summed E-state index contributed by atoms with van der Waals surface area (Å²) in [4.78, 5) is 22.2. The van der Waals surface area contributed by atoms with Crippen LogP contribution in [0.2, 0.25) is 0 Å². The molecule has 0 aliphatic carbocycles. The third-order valence-corrected chi connectivity index (χ3v) is 3.15. The van der Waals surface area contributed by atoms with Gasteiger partial charge in [0.15, 0.2) is 5.65 Å². The minimum absolute atomic E-state index is 0.291. The largest absolute Gasteiger partial charge is 0.444 e. The summed E-state index contributed by atoms with van der Waals surface area (Å²) in [6.45, 7) is 6.23. The summed E-state index contributed by atoms with van der Waals surface area (Å²) >= 11 is 0. The number of fused-ring (bicyclic) bond motifs is 1. The number of amides is 1. The van der Waals surface area contributed by atoms with Crippen LogP contribution >= 0.6 is 0 Å². The summed E-state index contributed by atoms with van der Waals surface area (Å²) in [6.07, 6.45) is 3.09. The Morgan fingerprint density at radius 1 is 1.27 bits per heavy atom. The van der Waals surface area contributed by atoms with Gasteiger partial charge in [0.2, 0.25) is 0 Å². The quantitative estimate of drug-likeness (QED) is 0.868. The molecule has 0 radical (unpaired) electrons. The average Bonchev–Trinajstić information content (AvgIpc) is 2.45. The van der Waals surface area contributed by atoms with Crippen LogP contribution < -0.4 is 0 Å². The predicted molar refractivity (Wildman–Crippen MR) is 86.7 cm³/mol. The third kappa shape index (κ3) is 4.69. The van der Waals surface area contributed by atoms with Gasteiger partial charge in [-0.05, 0) is 57.9 Å². The first-order valence-corrected chi connectivity index (χ1v) is 7.50. The van der Waals surface area contributed by atoms with E-state index in [-0.39, 0.29) is 6.09 Å². The zero-order valence-electron chi connectivity index (χ0n) is 13.7.